The Morgan fingerprint density at radius 1 is 1.00 bits per heavy atom. The molecule has 4 rings (SSSR count). The van der Waals surface area contributed by atoms with Crippen LogP contribution in [0.4, 0.5) is 5.69 Å². The van der Waals surface area contributed by atoms with E-state index >= 15 is 0 Å². The molecule has 0 spiro atoms. The average Bonchev–Trinajstić information content (AvgIpc) is 3.62. The summed E-state index contributed by atoms with van der Waals surface area (Å²) in [5.74, 6) is 0.635. The van der Waals surface area contributed by atoms with Gasteiger partial charge in [-0.25, -0.2) is 4.79 Å². The molecule has 1 unspecified atom stereocenters. The summed E-state index contributed by atoms with van der Waals surface area (Å²) in [4.78, 5) is 28.4. The number of thiophene rings is 1. The van der Waals surface area contributed by atoms with Crippen LogP contribution in [-0.4, -0.2) is 37.7 Å². The van der Waals surface area contributed by atoms with E-state index in [0.717, 1.165) is 53.1 Å². The highest BCUT2D eigenvalue weighted by atomic mass is 32.1. The van der Waals surface area contributed by atoms with Gasteiger partial charge >= 0.3 is 5.97 Å². The maximum Gasteiger partial charge on any atom is 0.348 e. The molecule has 2 atom stereocenters. The number of carbonyl (C=O) groups excluding carboxylic acids is 2. The molecule has 7 nitrogen and oxygen atoms in total. The van der Waals surface area contributed by atoms with E-state index in [1.54, 1.807) is 13.2 Å². The highest BCUT2D eigenvalue weighted by Crippen LogP contribution is 2.31. The minimum absolute atomic E-state index is 0.0189. The van der Waals surface area contributed by atoms with Crippen LogP contribution in [0.2, 0.25) is 0 Å². The van der Waals surface area contributed by atoms with Gasteiger partial charge in [-0.15, -0.1) is 11.3 Å². The second-order valence-corrected chi connectivity index (χ2v) is 12.1. The number of unbranched alkanes of at least 4 members (excludes halogenated alkanes) is 2. The molecule has 1 fully saturated rings. The normalized spacial score (nSPS) is 15.8. The molecule has 1 aliphatic heterocycles. The Kier molecular flexibility index (Phi) is 12.0. The van der Waals surface area contributed by atoms with Crippen molar-refractivity contribution in [2.45, 2.75) is 90.8 Å². The molecular formula is C34H43NO6S. The van der Waals surface area contributed by atoms with Crippen LogP contribution in [-0.2, 0) is 32.2 Å². The Morgan fingerprint density at radius 3 is 2.45 bits per heavy atom. The average molecular weight is 594 g/mol. The Hall–Kier alpha value is -3.20. The van der Waals surface area contributed by atoms with Crippen LogP contribution in [0, 0.1) is 0 Å². The van der Waals surface area contributed by atoms with Crippen LogP contribution in [0.1, 0.15) is 91.1 Å². The first-order valence-electron chi connectivity index (χ1n) is 14.9. The fraction of sp³-hybridized carbons (Fsp3) is 0.471. The molecule has 1 saturated heterocycles. The van der Waals surface area contributed by atoms with Gasteiger partial charge in [-0.2, -0.15) is 0 Å². The van der Waals surface area contributed by atoms with Crippen LogP contribution < -0.4 is 9.64 Å². The summed E-state index contributed by atoms with van der Waals surface area (Å²) in [6.45, 7) is 7.22. The fourth-order valence-electron chi connectivity index (χ4n) is 5.08. The minimum atomic E-state index is -0.309. The van der Waals surface area contributed by atoms with Gasteiger partial charge < -0.3 is 23.8 Å². The number of rotatable bonds is 16. The largest absolute Gasteiger partial charge is 0.497 e. The smallest absolute Gasteiger partial charge is 0.348 e. The van der Waals surface area contributed by atoms with E-state index in [2.05, 4.69) is 19.1 Å². The molecule has 1 aliphatic rings. The van der Waals surface area contributed by atoms with Crippen molar-refractivity contribution in [2.24, 2.45) is 0 Å². The summed E-state index contributed by atoms with van der Waals surface area (Å²) >= 11 is 1.38. The van der Waals surface area contributed by atoms with Crippen LogP contribution in [0.3, 0.4) is 0 Å². The van der Waals surface area contributed by atoms with E-state index in [1.807, 2.05) is 61.2 Å². The third-order valence-corrected chi connectivity index (χ3v) is 8.35. The molecule has 3 aromatic rings. The van der Waals surface area contributed by atoms with Crippen LogP contribution in [0.5, 0.6) is 5.75 Å². The van der Waals surface area contributed by atoms with Crippen molar-refractivity contribution in [2.75, 3.05) is 18.6 Å². The first kappa shape index (κ1) is 31.7. The Labute approximate surface area is 253 Å². The standard InChI is InChI=1S/C34H43NO6S/c1-5-6-7-8-31(40-21-25-9-16-29(38-4)17-10-25)26-11-13-27(14-12-26)35-28(15-20-33(35)36)22-39-23-30-18-19-32(42-30)34(37)41-24(2)3/h9-14,16-19,24,28,31H,5-8,15,20-23H2,1-4H3/t28-,31?/m1/s1. The molecule has 0 radical (unpaired) electrons. The lowest BCUT2D eigenvalue weighted by Gasteiger charge is -2.26. The number of carbonyl (C=O) groups is 2. The molecule has 226 valence electrons. The zero-order chi connectivity index (χ0) is 29.9. The number of ether oxygens (including phenoxy) is 4. The number of esters is 1. The molecule has 0 aliphatic carbocycles. The summed E-state index contributed by atoms with van der Waals surface area (Å²) in [6.07, 6.45) is 5.45. The van der Waals surface area contributed by atoms with Crippen LogP contribution in [0.15, 0.2) is 60.7 Å². The SMILES string of the molecule is CCCCCC(OCc1ccc(OC)cc1)c1ccc(N2C(=O)CC[C@@H]2COCc2ccc(C(=O)OC(C)C)s2)cc1. The lowest BCUT2D eigenvalue weighted by molar-refractivity contribution is -0.117. The van der Waals surface area contributed by atoms with Crippen molar-refractivity contribution < 1.29 is 28.5 Å². The number of amides is 1. The Bertz CT molecular complexity index is 1270. The van der Waals surface area contributed by atoms with Gasteiger partial charge in [0, 0.05) is 17.0 Å². The van der Waals surface area contributed by atoms with Crippen molar-refractivity contribution in [1.82, 2.24) is 0 Å². The van der Waals surface area contributed by atoms with E-state index in [4.69, 9.17) is 18.9 Å². The van der Waals surface area contributed by atoms with Gasteiger partial charge in [0.1, 0.15) is 10.6 Å². The number of hydrogen-bond donors (Lipinski definition) is 0. The maximum atomic E-state index is 12.9. The Balaban J connectivity index is 1.35. The summed E-state index contributed by atoms with van der Waals surface area (Å²) in [5, 5.41) is 0. The molecule has 0 N–H and O–H groups in total. The predicted octanol–water partition coefficient (Wildman–Crippen LogP) is 7.87. The molecular weight excluding hydrogens is 550 g/mol. The summed E-state index contributed by atoms with van der Waals surface area (Å²) in [7, 11) is 1.67. The predicted molar refractivity (Wildman–Crippen MR) is 166 cm³/mol. The molecule has 1 amide bonds. The van der Waals surface area contributed by atoms with E-state index in [0.29, 0.717) is 31.1 Å². The number of nitrogens with zero attached hydrogens (tertiary/aromatic N) is 1. The molecule has 0 saturated carbocycles. The quantitative estimate of drug-likeness (QED) is 0.124. The molecule has 0 bridgehead atoms. The van der Waals surface area contributed by atoms with Gasteiger partial charge in [-0.1, -0.05) is 50.5 Å². The van der Waals surface area contributed by atoms with Gasteiger partial charge in [0.25, 0.3) is 0 Å². The van der Waals surface area contributed by atoms with Crippen molar-refractivity contribution in [3.05, 3.63) is 81.5 Å². The number of hydrogen-bond acceptors (Lipinski definition) is 7. The van der Waals surface area contributed by atoms with Crippen molar-refractivity contribution >= 4 is 28.9 Å². The van der Waals surface area contributed by atoms with E-state index in [-0.39, 0.29) is 30.1 Å². The third-order valence-electron chi connectivity index (χ3n) is 7.31. The topological polar surface area (TPSA) is 74.3 Å². The monoisotopic (exact) mass is 593 g/mol. The summed E-state index contributed by atoms with van der Waals surface area (Å²) in [6, 6.07) is 19.8. The zero-order valence-corrected chi connectivity index (χ0v) is 26.0. The van der Waals surface area contributed by atoms with Crippen LogP contribution >= 0.6 is 11.3 Å². The van der Waals surface area contributed by atoms with E-state index in [1.165, 1.54) is 17.8 Å². The summed E-state index contributed by atoms with van der Waals surface area (Å²) < 4.78 is 23.0. The third kappa shape index (κ3) is 8.90. The lowest BCUT2D eigenvalue weighted by atomic mass is 10.0. The molecule has 1 aromatic heterocycles. The molecule has 2 aromatic carbocycles. The number of methoxy groups -OCH3 is 1. The van der Waals surface area contributed by atoms with Crippen molar-refractivity contribution in [3.8, 4) is 5.75 Å². The second kappa shape index (κ2) is 15.9. The number of anilines is 1. The highest BCUT2D eigenvalue weighted by molar-refractivity contribution is 7.13. The first-order chi connectivity index (χ1) is 20.4. The lowest BCUT2D eigenvalue weighted by Crippen LogP contribution is -2.36. The van der Waals surface area contributed by atoms with Crippen LogP contribution in [0.25, 0.3) is 0 Å². The minimum Gasteiger partial charge on any atom is -0.497 e. The van der Waals surface area contributed by atoms with Crippen molar-refractivity contribution in [1.29, 1.82) is 0 Å². The Morgan fingerprint density at radius 2 is 1.76 bits per heavy atom. The highest BCUT2D eigenvalue weighted by Gasteiger charge is 2.32. The summed E-state index contributed by atoms with van der Waals surface area (Å²) in [5.41, 5.74) is 3.10. The molecule has 8 heteroatoms. The fourth-order valence-corrected chi connectivity index (χ4v) is 5.91. The van der Waals surface area contributed by atoms with Gasteiger partial charge in [0.05, 0.1) is 45.2 Å². The van der Waals surface area contributed by atoms with Gasteiger partial charge in [0.15, 0.2) is 0 Å². The van der Waals surface area contributed by atoms with Crippen molar-refractivity contribution in [3.63, 3.8) is 0 Å². The van der Waals surface area contributed by atoms with Gasteiger partial charge in [-0.05, 0) is 74.2 Å². The van der Waals surface area contributed by atoms with Gasteiger partial charge in [0.2, 0.25) is 5.91 Å². The molecule has 2 heterocycles. The van der Waals surface area contributed by atoms with E-state index < -0.39 is 0 Å². The molecule has 42 heavy (non-hydrogen) atoms. The van der Waals surface area contributed by atoms with E-state index in [9.17, 15) is 9.59 Å². The first-order valence-corrected chi connectivity index (χ1v) is 15.7. The van der Waals surface area contributed by atoms with Gasteiger partial charge in [-0.3, -0.25) is 4.79 Å². The maximum absolute atomic E-state index is 12.9. The zero-order valence-electron chi connectivity index (χ0n) is 25.2. The number of benzene rings is 2. The second-order valence-electron chi connectivity index (χ2n) is 10.9.